The van der Waals surface area contributed by atoms with Gasteiger partial charge in [0.2, 0.25) is 0 Å². The normalized spacial score (nSPS) is 10.4. The number of halogens is 1. The first-order valence-corrected chi connectivity index (χ1v) is 6.05. The molecule has 0 N–H and O–H groups in total. The van der Waals surface area contributed by atoms with Crippen LogP contribution in [-0.4, -0.2) is 32.1 Å². The zero-order chi connectivity index (χ0) is 13.4. The first-order valence-electron chi connectivity index (χ1n) is 6.05. The molecule has 98 valence electrons. The summed E-state index contributed by atoms with van der Waals surface area (Å²) in [5, 5.41) is 8.44. The van der Waals surface area contributed by atoms with Gasteiger partial charge in [-0.15, -0.1) is 0 Å². The number of benzene rings is 1. The molecule has 0 aliphatic carbocycles. The van der Waals surface area contributed by atoms with Crippen LogP contribution in [-0.2, 0) is 6.42 Å². The van der Waals surface area contributed by atoms with Crippen LogP contribution in [0, 0.1) is 17.1 Å². The topological polar surface area (TPSA) is 36.3 Å². The second kappa shape index (κ2) is 7.67. The van der Waals surface area contributed by atoms with Crippen molar-refractivity contribution in [1.29, 1.82) is 5.26 Å². The molecule has 0 unspecified atom stereocenters. The van der Waals surface area contributed by atoms with Crippen molar-refractivity contribution < 1.29 is 9.13 Å². The molecule has 0 aliphatic heterocycles. The first kappa shape index (κ1) is 14.5. The Balaban J connectivity index is 2.39. The molecule has 0 atom stereocenters. The van der Waals surface area contributed by atoms with Crippen LogP contribution in [0.2, 0.25) is 0 Å². The van der Waals surface area contributed by atoms with Crippen molar-refractivity contribution in [2.75, 3.05) is 27.2 Å². The highest BCUT2D eigenvalue weighted by Gasteiger charge is 2.04. The van der Waals surface area contributed by atoms with Gasteiger partial charge in [-0.2, -0.15) is 5.26 Å². The van der Waals surface area contributed by atoms with Crippen molar-refractivity contribution in [2.24, 2.45) is 0 Å². The molecule has 0 heterocycles. The minimum atomic E-state index is -0.317. The third-order valence-corrected chi connectivity index (χ3v) is 2.83. The Morgan fingerprint density at radius 2 is 2.17 bits per heavy atom. The van der Waals surface area contributed by atoms with Crippen LogP contribution in [0.25, 0.3) is 0 Å². The van der Waals surface area contributed by atoms with Crippen molar-refractivity contribution in [3.05, 3.63) is 29.6 Å². The van der Waals surface area contributed by atoms with Crippen LogP contribution in [0.3, 0.4) is 0 Å². The second-order valence-electron chi connectivity index (χ2n) is 4.28. The van der Waals surface area contributed by atoms with Gasteiger partial charge >= 0.3 is 0 Å². The Bertz CT molecular complexity index is 415. The number of hydrogen-bond donors (Lipinski definition) is 0. The standard InChI is InChI=1S/C14H19FN2O/c1-17(9-4-3-8-16)10-7-12-5-6-14(18-2)13(15)11-12/h5-6,11H,3-4,7,9-10H2,1-2H3. The van der Waals surface area contributed by atoms with E-state index in [4.69, 9.17) is 10.00 Å². The lowest BCUT2D eigenvalue weighted by atomic mass is 10.1. The van der Waals surface area contributed by atoms with E-state index in [0.29, 0.717) is 6.42 Å². The Morgan fingerprint density at radius 1 is 1.39 bits per heavy atom. The van der Waals surface area contributed by atoms with Gasteiger partial charge in [-0.3, -0.25) is 0 Å². The van der Waals surface area contributed by atoms with Crippen molar-refractivity contribution >= 4 is 0 Å². The van der Waals surface area contributed by atoms with E-state index in [1.807, 2.05) is 13.1 Å². The van der Waals surface area contributed by atoms with E-state index in [1.165, 1.54) is 13.2 Å². The molecule has 3 nitrogen and oxygen atoms in total. The van der Waals surface area contributed by atoms with Gasteiger partial charge in [-0.25, -0.2) is 4.39 Å². The van der Waals surface area contributed by atoms with Crippen molar-refractivity contribution in [3.63, 3.8) is 0 Å². The number of hydrogen-bond acceptors (Lipinski definition) is 3. The van der Waals surface area contributed by atoms with Crippen LogP contribution in [0.4, 0.5) is 4.39 Å². The van der Waals surface area contributed by atoms with Crippen molar-refractivity contribution in [2.45, 2.75) is 19.3 Å². The fourth-order valence-electron chi connectivity index (χ4n) is 1.73. The van der Waals surface area contributed by atoms with Gasteiger partial charge in [0.05, 0.1) is 13.2 Å². The summed E-state index contributed by atoms with van der Waals surface area (Å²) in [6.07, 6.45) is 2.26. The summed E-state index contributed by atoms with van der Waals surface area (Å²) in [5.41, 5.74) is 0.959. The zero-order valence-electron chi connectivity index (χ0n) is 10.9. The lowest BCUT2D eigenvalue weighted by Crippen LogP contribution is -2.22. The minimum Gasteiger partial charge on any atom is -0.494 e. The van der Waals surface area contributed by atoms with Crippen molar-refractivity contribution in [3.8, 4) is 11.8 Å². The summed E-state index contributed by atoms with van der Waals surface area (Å²) in [7, 11) is 3.47. The van der Waals surface area contributed by atoms with Crippen LogP contribution in [0.1, 0.15) is 18.4 Å². The van der Waals surface area contributed by atoms with Gasteiger partial charge in [0.1, 0.15) is 0 Å². The molecule has 0 aromatic heterocycles. The quantitative estimate of drug-likeness (QED) is 0.698. The first-order chi connectivity index (χ1) is 8.67. The fourth-order valence-corrected chi connectivity index (χ4v) is 1.73. The maximum absolute atomic E-state index is 13.4. The molecule has 4 heteroatoms. The third kappa shape index (κ3) is 4.72. The van der Waals surface area contributed by atoms with E-state index in [9.17, 15) is 4.39 Å². The average molecular weight is 250 g/mol. The number of likely N-dealkylation sites (N-methyl/N-ethyl adjacent to an activating group) is 1. The van der Waals surface area contributed by atoms with Crippen LogP contribution in [0.5, 0.6) is 5.75 Å². The predicted molar refractivity (Wildman–Crippen MR) is 69.0 cm³/mol. The maximum Gasteiger partial charge on any atom is 0.165 e. The van der Waals surface area contributed by atoms with E-state index < -0.39 is 0 Å². The van der Waals surface area contributed by atoms with E-state index in [1.54, 1.807) is 6.07 Å². The Kier molecular flexibility index (Phi) is 6.16. The van der Waals surface area contributed by atoms with E-state index in [0.717, 1.165) is 31.5 Å². The largest absolute Gasteiger partial charge is 0.494 e. The van der Waals surface area contributed by atoms with Crippen LogP contribution in [0.15, 0.2) is 18.2 Å². The lowest BCUT2D eigenvalue weighted by molar-refractivity contribution is 0.334. The molecular weight excluding hydrogens is 231 g/mol. The van der Waals surface area contributed by atoms with Gasteiger partial charge in [-0.05, 0) is 44.1 Å². The van der Waals surface area contributed by atoms with Gasteiger partial charge in [0.15, 0.2) is 11.6 Å². The number of nitriles is 1. The average Bonchev–Trinajstić information content (AvgIpc) is 2.37. The van der Waals surface area contributed by atoms with Gasteiger partial charge in [0, 0.05) is 13.0 Å². The molecule has 0 amide bonds. The summed E-state index contributed by atoms with van der Waals surface area (Å²) in [6, 6.07) is 7.18. The molecule has 0 fully saturated rings. The molecule has 0 radical (unpaired) electrons. The molecule has 0 saturated carbocycles. The molecule has 1 aromatic carbocycles. The summed E-state index contributed by atoms with van der Waals surface area (Å²) in [6.45, 7) is 1.75. The van der Waals surface area contributed by atoms with Crippen LogP contribution >= 0.6 is 0 Å². The smallest absolute Gasteiger partial charge is 0.165 e. The van der Waals surface area contributed by atoms with Crippen molar-refractivity contribution in [1.82, 2.24) is 4.90 Å². The number of rotatable bonds is 7. The molecule has 1 rings (SSSR count). The summed E-state index contributed by atoms with van der Waals surface area (Å²) < 4.78 is 18.3. The highest BCUT2D eigenvalue weighted by molar-refractivity contribution is 5.29. The van der Waals surface area contributed by atoms with E-state index >= 15 is 0 Å². The summed E-state index contributed by atoms with van der Waals surface area (Å²) in [4.78, 5) is 2.15. The highest BCUT2D eigenvalue weighted by atomic mass is 19.1. The number of unbranched alkanes of at least 4 members (excludes halogenated alkanes) is 1. The zero-order valence-corrected chi connectivity index (χ0v) is 10.9. The molecule has 0 spiro atoms. The Morgan fingerprint density at radius 3 is 2.78 bits per heavy atom. The third-order valence-electron chi connectivity index (χ3n) is 2.83. The Labute approximate surface area is 108 Å². The highest BCUT2D eigenvalue weighted by Crippen LogP contribution is 2.17. The second-order valence-corrected chi connectivity index (χ2v) is 4.28. The number of nitrogens with zero attached hydrogens (tertiary/aromatic N) is 2. The Hall–Kier alpha value is -1.60. The molecule has 0 saturated heterocycles. The lowest BCUT2D eigenvalue weighted by Gasteiger charge is -2.15. The van der Waals surface area contributed by atoms with Gasteiger partial charge < -0.3 is 9.64 Å². The SMILES string of the molecule is COc1ccc(CCN(C)CCCC#N)cc1F. The molecule has 18 heavy (non-hydrogen) atoms. The van der Waals surface area contributed by atoms with Gasteiger partial charge in [0.25, 0.3) is 0 Å². The maximum atomic E-state index is 13.4. The molecule has 0 bridgehead atoms. The van der Waals surface area contributed by atoms with E-state index in [-0.39, 0.29) is 11.6 Å². The fraction of sp³-hybridized carbons (Fsp3) is 0.500. The predicted octanol–water partition coefficient (Wildman–Crippen LogP) is 2.61. The van der Waals surface area contributed by atoms with Crippen LogP contribution < -0.4 is 4.74 Å². The summed E-state index contributed by atoms with van der Waals surface area (Å²) >= 11 is 0. The number of methoxy groups -OCH3 is 1. The van der Waals surface area contributed by atoms with E-state index in [2.05, 4.69) is 11.0 Å². The monoisotopic (exact) mass is 250 g/mol. The molecule has 1 aromatic rings. The summed E-state index contributed by atoms with van der Waals surface area (Å²) in [5.74, 6) is -0.0386. The minimum absolute atomic E-state index is 0.279. The molecular formula is C14H19FN2O. The van der Waals surface area contributed by atoms with Gasteiger partial charge in [-0.1, -0.05) is 6.07 Å². The molecule has 0 aliphatic rings. The number of ether oxygens (including phenoxy) is 1.